The molecule has 0 aromatic heterocycles. The summed E-state index contributed by atoms with van der Waals surface area (Å²) in [5.74, 6) is 1.93. The number of hydrogen-bond donors (Lipinski definition) is 1. The molecule has 1 aliphatic carbocycles. The first kappa shape index (κ1) is 11.9. The van der Waals surface area contributed by atoms with Gasteiger partial charge in [-0.1, -0.05) is 6.42 Å². The minimum Gasteiger partial charge on any atom is -0.377 e. The SMILES string of the molecule is CC1OCCC1N(C)CC1NCC2CCCC21. The van der Waals surface area contributed by atoms with E-state index in [1.807, 2.05) is 0 Å². The summed E-state index contributed by atoms with van der Waals surface area (Å²) < 4.78 is 5.68. The molecule has 0 aromatic carbocycles. The smallest absolute Gasteiger partial charge is 0.0702 e. The third-order valence-corrected chi connectivity index (χ3v) is 5.26. The van der Waals surface area contributed by atoms with Crippen molar-refractivity contribution in [2.75, 3.05) is 26.7 Å². The molecule has 5 unspecified atom stereocenters. The van der Waals surface area contributed by atoms with E-state index in [0.29, 0.717) is 12.1 Å². The van der Waals surface area contributed by atoms with Gasteiger partial charge in [0.05, 0.1) is 6.10 Å². The molecule has 5 atom stereocenters. The van der Waals surface area contributed by atoms with Crippen LogP contribution < -0.4 is 5.32 Å². The predicted molar refractivity (Wildman–Crippen MR) is 69.1 cm³/mol. The molecule has 0 spiro atoms. The molecule has 0 radical (unpaired) electrons. The van der Waals surface area contributed by atoms with Crippen molar-refractivity contribution in [3.05, 3.63) is 0 Å². The molecule has 0 bridgehead atoms. The molecule has 1 N–H and O–H groups in total. The topological polar surface area (TPSA) is 24.5 Å². The third-order valence-electron chi connectivity index (χ3n) is 5.26. The molecule has 0 aromatic rings. The minimum absolute atomic E-state index is 0.417. The Kier molecular flexibility index (Phi) is 3.42. The zero-order chi connectivity index (χ0) is 11.8. The maximum absolute atomic E-state index is 5.68. The van der Waals surface area contributed by atoms with Gasteiger partial charge in [-0.25, -0.2) is 0 Å². The second kappa shape index (κ2) is 4.87. The minimum atomic E-state index is 0.417. The van der Waals surface area contributed by atoms with Crippen LogP contribution in [0.4, 0.5) is 0 Å². The largest absolute Gasteiger partial charge is 0.377 e. The molecule has 3 nitrogen and oxygen atoms in total. The van der Waals surface area contributed by atoms with Crippen molar-refractivity contribution in [3.63, 3.8) is 0 Å². The fraction of sp³-hybridized carbons (Fsp3) is 1.00. The van der Waals surface area contributed by atoms with Crippen molar-refractivity contribution in [2.45, 2.75) is 50.8 Å². The second-order valence-electron chi connectivity index (χ2n) is 6.24. The van der Waals surface area contributed by atoms with Crippen molar-refractivity contribution in [1.29, 1.82) is 0 Å². The number of nitrogens with zero attached hydrogens (tertiary/aromatic N) is 1. The quantitative estimate of drug-likeness (QED) is 0.806. The van der Waals surface area contributed by atoms with E-state index < -0.39 is 0 Å². The van der Waals surface area contributed by atoms with Gasteiger partial charge in [-0.3, -0.25) is 4.90 Å². The molecular formula is C14H26N2O. The number of likely N-dealkylation sites (N-methyl/N-ethyl adjacent to an activating group) is 1. The Morgan fingerprint density at radius 2 is 2.18 bits per heavy atom. The number of hydrogen-bond acceptors (Lipinski definition) is 3. The highest BCUT2D eigenvalue weighted by Crippen LogP contribution is 2.38. The molecule has 2 aliphatic heterocycles. The zero-order valence-electron chi connectivity index (χ0n) is 11.2. The summed E-state index contributed by atoms with van der Waals surface area (Å²) in [5.41, 5.74) is 0. The van der Waals surface area contributed by atoms with Crippen LogP contribution in [0.3, 0.4) is 0 Å². The van der Waals surface area contributed by atoms with Gasteiger partial charge in [0.25, 0.3) is 0 Å². The van der Waals surface area contributed by atoms with Crippen LogP contribution in [0.2, 0.25) is 0 Å². The van der Waals surface area contributed by atoms with Crippen LogP contribution in [0.15, 0.2) is 0 Å². The molecular weight excluding hydrogens is 212 g/mol. The lowest BCUT2D eigenvalue weighted by Gasteiger charge is -2.31. The van der Waals surface area contributed by atoms with Gasteiger partial charge in [0.1, 0.15) is 0 Å². The van der Waals surface area contributed by atoms with Crippen molar-refractivity contribution in [2.24, 2.45) is 11.8 Å². The molecule has 2 saturated heterocycles. The van der Waals surface area contributed by atoms with Crippen LogP contribution in [0.5, 0.6) is 0 Å². The summed E-state index contributed by atoms with van der Waals surface area (Å²) in [4.78, 5) is 2.54. The fourth-order valence-electron chi connectivity index (χ4n) is 4.25. The predicted octanol–water partition coefficient (Wildman–Crippen LogP) is 1.48. The zero-order valence-corrected chi connectivity index (χ0v) is 11.2. The van der Waals surface area contributed by atoms with Crippen molar-refractivity contribution < 1.29 is 4.74 Å². The highest BCUT2D eigenvalue weighted by Gasteiger charge is 2.40. The highest BCUT2D eigenvalue weighted by molar-refractivity contribution is 4.96. The molecule has 3 heteroatoms. The van der Waals surface area contributed by atoms with Crippen LogP contribution in [0.1, 0.15) is 32.6 Å². The van der Waals surface area contributed by atoms with E-state index in [0.717, 1.165) is 24.5 Å². The summed E-state index contributed by atoms with van der Waals surface area (Å²) in [7, 11) is 2.28. The number of rotatable bonds is 3. The summed E-state index contributed by atoms with van der Waals surface area (Å²) >= 11 is 0. The first-order chi connectivity index (χ1) is 8.25. The maximum atomic E-state index is 5.68. The molecule has 98 valence electrons. The first-order valence-electron chi connectivity index (χ1n) is 7.31. The average molecular weight is 238 g/mol. The van der Waals surface area contributed by atoms with E-state index in [1.54, 1.807) is 0 Å². The van der Waals surface area contributed by atoms with Crippen molar-refractivity contribution in [3.8, 4) is 0 Å². The van der Waals surface area contributed by atoms with E-state index in [1.165, 1.54) is 38.8 Å². The molecule has 3 fully saturated rings. The van der Waals surface area contributed by atoms with E-state index in [2.05, 4.69) is 24.2 Å². The Morgan fingerprint density at radius 1 is 1.29 bits per heavy atom. The molecule has 0 amide bonds. The van der Waals surface area contributed by atoms with Gasteiger partial charge in [0.2, 0.25) is 0 Å². The van der Waals surface area contributed by atoms with E-state index in [4.69, 9.17) is 4.74 Å². The van der Waals surface area contributed by atoms with Gasteiger partial charge in [-0.2, -0.15) is 0 Å². The summed E-state index contributed by atoms with van der Waals surface area (Å²) in [5, 5.41) is 3.75. The van der Waals surface area contributed by atoms with Crippen LogP contribution in [0, 0.1) is 11.8 Å². The van der Waals surface area contributed by atoms with Crippen molar-refractivity contribution in [1.82, 2.24) is 10.2 Å². The summed E-state index contributed by atoms with van der Waals surface area (Å²) in [6.07, 6.45) is 5.99. The van der Waals surface area contributed by atoms with Gasteiger partial charge in [0.15, 0.2) is 0 Å². The van der Waals surface area contributed by atoms with Crippen molar-refractivity contribution >= 4 is 0 Å². The summed E-state index contributed by atoms with van der Waals surface area (Å²) in [6, 6.07) is 1.37. The Balaban J connectivity index is 1.56. The van der Waals surface area contributed by atoms with Crippen LogP contribution in [-0.2, 0) is 4.74 Å². The Labute approximate surface area is 105 Å². The Bertz CT molecular complexity index is 271. The number of fused-ring (bicyclic) bond motifs is 1. The maximum Gasteiger partial charge on any atom is 0.0702 e. The Morgan fingerprint density at radius 3 is 2.94 bits per heavy atom. The van der Waals surface area contributed by atoms with Crippen LogP contribution >= 0.6 is 0 Å². The van der Waals surface area contributed by atoms with Gasteiger partial charge in [0, 0.05) is 25.2 Å². The normalized spacial score (nSPS) is 45.7. The standard InChI is InChI=1S/C14H26N2O/c1-10-14(6-7-17-10)16(2)9-13-12-5-3-4-11(12)8-15-13/h10-15H,3-9H2,1-2H3. The molecule has 2 heterocycles. The van der Waals surface area contributed by atoms with Gasteiger partial charge in [-0.15, -0.1) is 0 Å². The Hall–Kier alpha value is -0.120. The third kappa shape index (κ3) is 2.25. The van der Waals surface area contributed by atoms with E-state index in [9.17, 15) is 0 Å². The van der Waals surface area contributed by atoms with Crippen LogP contribution in [0.25, 0.3) is 0 Å². The number of ether oxygens (including phenoxy) is 1. The van der Waals surface area contributed by atoms with Crippen LogP contribution in [-0.4, -0.2) is 49.8 Å². The molecule has 3 aliphatic rings. The van der Waals surface area contributed by atoms with E-state index >= 15 is 0 Å². The van der Waals surface area contributed by atoms with Gasteiger partial charge < -0.3 is 10.1 Å². The first-order valence-corrected chi connectivity index (χ1v) is 7.31. The lowest BCUT2D eigenvalue weighted by atomic mass is 9.93. The molecule has 3 rings (SSSR count). The number of nitrogens with one attached hydrogen (secondary N) is 1. The van der Waals surface area contributed by atoms with Gasteiger partial charge >= 0.3 is 0 Å². The molecule has 1 saturated carbocycles. The highest BCUT2D eigenvalue weighted by atomic mass is 16.5. The monoisotopic (exact) mass is 238 g/mol. The molecule has 17 heavy (non-hydrogen) atoms. The van der Waals surface area contributed by atoms with Gasteiger partial charge in [-0.05, 0) is 51.6 Å². The lowest BCUT2D eigenvalue weighted by molar-refractivity contribution is 0.0790. The summed E-state index contributed by atoms with van der Waals surface area (Å²) in [6.45, 7) is 5.63. The fourth-order valence-corrected chi connectivity index (χ4v) is 4.25. The average Bonchev–Trinajstić information content (AvgIpc) is 2.96. The second-order valence-corrected chi connectivity index (χ2v) is 6.24. The lowest BCUT2D eigenvalue weighted by Crippen LogP contribution is -2.45. The van der Waals surface area contributed by atoms with E-state index in [-0.39, 0.29) is 0 Å².